The van der Waals surface area contributed by atoms with Gasteiger partial charge in [0.25, 0.3) is 0 Å². The van der Waals surface area contributed by atoms with Crippen LogP contribution in [0.15, 0.2) is 84.9 Å². The van der Waals surface area contributed by atoms with Crippen molar-refractivity contribution in [1.82, 2.24) is 0 Å². The van der Waals surface area contributed by atoms with Crippen LogP contribution in [-0.2, 0) is 4.57 Å². The van der Waals surface area contributed by atoms with Gasteiger partial charge in [-0.05, 0) is 60.4 Å². The average Bonchev–Trinajstić information content (AvgIpc) is 2.92. The SMILES string of the molecule is COc1ccc(C(=O)C[C@@H](c2ccccc2)[P@](=O)(c2ccccc2)[C@@H]2C[C@H](C)CC[C@H]2C(C)C)cc1. The fourth-order valence-corrected chi connectivity index (χ4v) is 10.7. The van der Waals surface area contributed by atoms with Crippen LogP contribution in [0.4, 0.5) is 0 Å². The van der Waals surface area contributed by atoms with E-state index in [1.165, 1.54) is 6.42 Å². The Labute approximate surface area is 216 Å². The summed E-state index contributed by atoms with van der Waals surface area (Å²) < 4.78 is 21.1. The summed E-state index contributed by atoms with van der Waals surface area (Å²) in [5, 5.41) is 0.908. The summed E-state index contributed by atoms with van der Waals surface area (Å²) in [5.41, 5.74) is 1.31. The van der Waals surface area contributed by atoms with E-state index in [2.05, 4.69) is 32.9 Å². The molecule has 0 aliphatic heterocycles. The van der Waals surface area contributed by atoms with Crippen LogP contribution in [-0.4, -0.2) is 18.6 Å². The first kappa shape index (κ1) is 26.4. The van der Waals surface area contributed by atoms with Crippen LogP contribution in [0.3, 0.4) is 0 Å². The Morgan fingerprint density at radius 2 is 1.53 bits per heavy atom. The highest BCUT2D eigenvalue weighted by atomic mass is 31.2. The van der Waals surface area contributed by atoms with E-state index in [4.69, 9.17) is 4.74 Å². The van der Waals surface area contributed by atoms with Crippen LogP contribution in [0.5, 0.6) is 5.75 Å². The number of Topliss-reactive ketones (excluding diaryl/α,β-unsaturated/α-hetero) is 1. The zero-order chi connectivity index (χ0) is 25.7. The van der Waals surface area contributed by atoms with Gasteiger partial charge in [-0.3, -0.25) is 4.79 Å². The molecule has 0 unspecified atom stereocenters. The zero-order valence-corrected chi connectivity index (χ0v) is 22.9. The Morgan fingerprint density at radius 1 is 0.917 bits per heavy atom. The van der Waals surface area contributed by atoms with Gasteiger partial charge >= 0.3 is 0 Å². The van der Waals surface area contributed by atoms with Gasteiger partial charge in [-0.25, -0.2) is 0 Å². The number of carbonyl (C=O) groups excluding carboxylic acids is 1. The first-order chi connectivity index (χ1) is 17.3. The fraction of sp³-hybridized carbons (Fsp3) is 0.406. The first-order valence-electron chi connectivity index (χ1n) is 13.2. The lowest BCUT2D eigenvalue weighted by atomic mass is 9.77. The van der Waals surface area contributed by atoms with Crippen molar-refractivity contribution in [3.05, 3.63) is 96.1 Å². The van der Waals surface area contributed by atoms with Crippen molar-refractivity contribution in [2.75, 3.05) is 7.11 Å². The lowest BCUT2D eigenvalue weighted by Gasteiger charge is -2.44. The quantitative estimate of drug-likeness (QED) is 0.219. The summed E-state index contributed by atoms with van der Waals surface area (Å²) in [6, 6.07) is 27.4. The summed E-state index contributed by atoms with van der Waals surface area (Å²) in [4.78, 5) is 13.7. The summed E-state index contributed by atoms with van der Waals surface area (Å²) in [6.45, 7) is 6.82. The van der Waals surface area contributed by atoms with Gasteiger partial charge < -0.3 is 9.30 Å². The van der Waals surface area contributed by atoms with E-state index >= 15 is 4.57 Å². The molecule has 0 spiro atoms. The molecule has 3 aromatic carbocycles. The molecule has 1 saturated carbocycles. The molecule has 0 heterocycles. The third-order valence-corrected chi connectivity index (χ3v) is 12.2. The molecule has 3 aromatic rings. The van der Waals surface area contributed by atoms with Crippen molar-refractivity contribution < 1.29 is 14.1 Å². The predicted octanol–water partition coefficient (Wildman–Crippen LogP) is 8.16. The van der Waals surface area contributed by atoms with Crippen LogP contribution in [0.2, 0.25) is 0 Å². The smallest absolute Gasteiger partial charge is 0.163 e. The second-order valence-corrected chi connectivity index (χ2v) is 13.9. The number of benzene rings is 3. The van der Waals surface area contributed by atoms with Crippen molar-refractivity contribution >= 4 is 18.2 Å². The highest BCUT2D eigenvalue weighted by Gasteiger charge is 2.49. The largest absolute Gasteiger partial charge is 0.497 e. The van der Waals surface area contributed by atoms with Crippen LogP contribution in [0, 0.1) is 17.8 Å². The summed E-state index contributed by atoms with van der Waals surface area (Å²) in [5.74, 6) is 2.07. The van der Waals surface area contributed by atoms with Gasteiger partial charge in [0.15, 0.2) is 5.78 Å². The maximum Gasteiger partial charge on any atom is 0.163 e. The van der Waals surface area contributed by atoms with E-state index < -0.39 is 7.14 Å². The molecule has 3 nitrogen and oxygen atoms in total. The standard InChI is InChI=1S/C32H39O3P/c1-23(2)29-20-15-24(3)21-32(29)36(34,28-13-9-6-10-14-28)31(26-11-7-5-8-12-26)22-30(33)25-16-18-27(35-4)19-17-25/h5-14,16-19,23-24,29,31-32H,15,20-22H2,1-4H3/t24-,29+,31+,32-,36-/m1/s1. The lowest BCUT2D eigenvalue weighted by molar-refractivity contribution is 0.0980. The van der Waals surface area contributed by atoms with Gasteiger partial charge in [0.1, 0.15) is 12.9 Å². The Balaban J connectivity index is 1.85. The number of ketones is 1. The molecular formula is C32H39O3P. The van der Waals surface area contributed by atoms with E-state index in [0.29, 0.717) is 23.3 Å². The number of ether oxygens (including phenoxy) is 1. The number of carbonyl (C=O) groups is 1. The summed E-state index contributed by atoms with van der Waals surface area (Å²) in [6.07, 6.45) is 3.43. The fourth-order valence-electron chi connectivity index (χ4n) is 6.08. The van der Waals surface area contributed by atoms with E-state index in [9.17, 15) is 4.79 Å². The van der Waals surface area contributed by atoms with Crippen LogP contribution in [0.1, 0.15) is 68.0 Å². The zero-order valence-electron chi connectivity index (χ0n) is 22.0. The molecule has 1 fully saturated rings. The second-order valence-electron chi connectivity index (χ2n) is 10.7. The molecule has 0 saturated heterocycles. The van der Waals surface area contributed by atoms with Crippen LogP contribution >= 0.6 is 7.14 Å². The Hall–Kier alpha value is -2.64. The maximum atomic E-state index is 15.8. The van der Waals surface area contributed by atoms with E-state index in [1.54, 1.807) is 7.11 Å². The number of rotatable bonds is 9. The molecule has 0 aromatic heterocycles. The molecule has 190 valence electrons. The highest BCUT2D eigenvalue weighted by Crippen LogP contribution is 2.68. The van der Waals surface area contributed by atoms with Crippen LogP contribution < -0.4 is 10.0 Å². The third-order valence-electron chi connectivity index (χ3n) is 8.08. The van der Waals surface area contributed by atoms with Gasteiger partial charge in [-0.2, -0.15) is 0 Å². The monoisotopic (exact) mass is 502 g/mol. The Kier molecular flexibility index (Phi) is 8.52. The number of hydrogen-bond donors (Lipinski definition) is 0. The van der Waals surface area contributed by atoms with E-state index in [1.807, 2.05) is 72.8 Å². The van der Waals surface area contributed by atoms with Crippen molar-refractivity contribution in [2.45, 2.75) is 57.8 Å². The minimum absolute atomic E-state index is 0.0209. The van der Waals surface area contributed by atoms with Gasteiger partial charge in [-0.1, -0.05) is 87.9 Å². The van der Waals surface area contributed by atoms with Crippen molar-refractivity contribution in [2.24, 2.45) is 17.8 Å². The minimum atomic E-state index is -3.06. The molecule has 5 atom stereocenters. The molecule has 0 amide bonds. The second kappa shape index (κ2) is 11.6. The Bertz CT molecular complexity index is 1170. The number of hydrogen-bond acceptors (Lipinski definition) is 3. The molecule has 1 aliphatic rings. The molecule has 4 rings (SSSR count). The van der Waals surface area contributed by atoms with Gasteiger partial charge in [0, 0.05) is 28.6 Å². The third kappa shape index (κ3) is 5.52. The van der Waals surface area contributed by atoms with Gasteiger partial charge in [0.05, 0.1) is 7.11 Å². The molecule has 36 heavy (non-hydrogen) atoms. The van der Waals surface area contributed by atoms with E-state index in [0.717, 1.165) is 29.5 Å². The molecule has 0 N–H and O–H groups in total. The minimum Gasteiger partial charge on any atom is -0.497 e. The molecule has 0 bridgehead atoms. The molecule has 1 aliphatic carbocycles. The Morgan fingerprint density at radius 3 is 2.11 bits per heavy atom. The summed E-state index contributed by atoms with van der Waals surface area (Å²) >= 11 is 0. The normalized spacial score (nSPS) is 22.5. The van der Waals surface area contributed by atoms with E-state index in [-0.39, 0.29) is 23.5 Å². The molecule has 4 heteroatoms. The summed E-state index contributed by atoms with van der Waals surface area (Å²) in [7, 11) is -1.44. The van der Waals surface area contributed by atoms with Crippen molar-refractivity contribution in [3.8, 4) is 5.75 Å². The average molecular weight is 503 g/mol. The lowest BCUT2D eigenvalue weighted by Crippen LogP contribution is -2.36. The van der Waals surface area contributed by atoms with Gasteiger partial charge in [-0.15, -0.1) is 0 Å². The highest BCUT2D eigenvalue weighted by molar-refractivity contribution is 7.72. The number of methoxy groups -OCH3 is 1. The first-order valence-corrected chi connectivity index (χ1v) is 15.1. The predicted molar refractivity (Wildman–Crippen MR) is 150 cm³/mol. The molecule has 0 radical (unpaired) electrons. The topological polar surface area (TPSA) is 43.4 Å². The molecular weight excluding hydrogens is 463 g/mol. The van der Waals surface area contributed by atoms with Gasteiger partial charge in [0.2, 0.25) is 0 Å². The van der Waals surface area contributed by atoms with Crippen LogP contribution in [0.25, 0.3) is 0 Å². The van der Waals surface area contributed by atoms with Crippen molar-refractivity contribution in [3.63, 3.8) is 0 Å². The van der Waals surface area contributed by atoms with Crippen molar-refractivity contribution in [1.29, 1.82) is 0 Å². The maximum absolute atomic E-state index is 15.8.